The zero-order valence-electron chi connectivity index (χ0n) is 19.3. The van der Waals surface area contributed by atoms with E-state index in [2.05, 4.69) is 53.7 Å². The number of thiophene rings is 1. The highest BCUT2D eigenvalue weighted by Crippen LogP contribution is 2.42. The molecule has 0 spiro atoms. The van der Waals surface area contributed by atoms with Gasteiger partial charge < -0.3 is 4.74 Å². The van der Waals surface area contributed by atoms with Crippen LogP contribution in [0, 0.1) is 0 Å². The van der Waals surface area contributed by atoms with Crippen LogP contribution in [0.25, 0.3) is 15.9 Å². The lowest BCUT2D eigenvalue weighted by Crippen LogP contribution is -2.31. The highest BCUT2D eigenvalue weighted by Gasteiger charge is 2.31. The van der Waals surface area contributed by atoms with Gasteiger partial charge in [-0.1, -0.05) is 83.7 Å². The second kappa shape index (κ2) is 9.41. The molecule has 0 radical (unpaired) electrons. The topological polar surface area (TPSA) is 52.3 Å². The van der Waals surface area contributed by atoms with Crippen LogP contribution in [0.4, 0.5) is 0 Å². The van der Waals surface area contributed by atoms with Crippen LogP contribution in [-0.4, -0.2) is 25.2 Å². The molecule has 0 atom stereocenters. The van der Waals surface area contributed by atoms with Crippen LogP contribution < -0.4 is 0 Å². The Labute approximate surface area is 221 Å². The first-order valence-electron chi connectivity index (χ1n) is 11.3. The third kappa shape index (κ3) is 4.58. The Bertz CT molecular complexity index is 1530. The fourth-order valence-electron chi connectivity index (χ4n) is 4.26. The monoisotopic (exact) mass is 538 g/mol. The van der Waals surface area contributed by atoms with Crippen molar-refractivity contribution >= 4 is 62.3 Å². The van der Waals surface area contributed by atoms with Crippen molar-refractivity contribution in [3.63, 3.8) is 0 Å². The average Bonchev–Trinajstić information content (AvgIpc) is 3.43. The summed E-state index contributed by atoms with van der Waals surface area (Å²) in [5.74, 6) is 1.53. The van der Waals surface area contributed by atoms with E-state index < -0.39 is 0 Å². The Kier molecular flexibility index (Phi) is 6.26. The van der Waals surface area contributed by atoms with Crippen LogP contribution >= 0.6 is 46.5 Å². The molecule has 4 heterocycles. The number of halogens is 1. The van der Waals surface area contributed by atoms with Crippen molar-refractivity contribution in [3.05, 3.63) is 81.2 Å². The molecule has 0 saturated carbocycles. The lowest BCUT2D eigenvalue weighted by molar-refractivity contribution is -0.0379. The van der Waals surface area contributed by atoms with Crippen LogP contribution in [0.2, 0.25) is 5.02 Å². The van der Waals surface area contributed by atoms with Crippen molar-refractivity contribution in [3.8, 4) is 0 Å². The minimum atomic E-state index is -0.208. The van der Waals surface area contributed by atoms with Crippen LogP contribution in [0.5, 0.6) is 0 Å². The van der Waals surface area contributed by atoms with Crippen molar-refractivity contribution in [1.82, 2.24) is 19.6 Å². The van der Waals surface area contributed by atoms with Crippen molar-refractivity contribution in [2.75, 3.05) is 0 Å². The first-order valence-corrected chi connectivity index (χ1v) is 14.5. The lowest BCUT2D eigenvalue weighted by Gasteiger charge is -2.30. The molecule has 0 aliphatic carbocycles. The predicted molar refractivity (Wildman–Crippen MR) is 146 cm³/mol. The summed E-state index contributed by atoms with van der Waals surface area (Å²) in [5, 5.41) is 12.9. The van der Waals surface area contributed by atoms with E-state index in [-0.39, 0.29) is 5.60 Å². The van der Waals surface area contributed by atoms with E-state index in [1.54, 1.807) is 34.9 Å². The Balaban J connectivity index is 1.45. The van der Waals surface area contributed by atoms with Gasteiger partial charge in [0.15, 0.2) is 16.0 Å². The number of ether oxygens (including phenoxy) is 1. The van der Waals surface area contributed by atoms with E-state index in [4.69, 9.17) is 26.4 Å². The molecule has 0 bridgehead atoms. The summed E-state index contributed by atoms with van der Waals surface area (Å²) in [6.07, 6.45) is 0.838. The number of hydrogen-bond donors (Lipinski definition) is 0. The van der Waals surface area contributed by atoms with Crippen LogP contribution in [0.15, 0.2) is 64.9 Å². The summed E-state index contributed by atoms with van der Waals surface area (Å²) in [5.41, 5.74) is 4.30. The van der Waals surface area contributed by atoms with Crippen molar-refractivity contribution < 1.29 is 4.74 Å². The molecule has 0 N–H and O–H groups in total. The molecule has 1 aliphatic rings. The molecule has 0 amide bonds. The maximum Gasteiger partial charge on any atom is 0.198 e. The molecule has 0 unspecified atom stereocenters. The standard InChI is InChI=1S/C26H23ClN4OS3/c1-26(2)12-18-20(13-32-26)35-23-21(18)22-29-30-25(34-15-17-10-6-7-11-19(17)27)31(22)24(28-23)33-14-16-8-4-3-5-9-16/h3-11H,12-15H2,1-2H3. The van der Waals surface area contributed by atoms with Gasteiger partial charge in [0.25, 0.3) is 0 Å². The molecule has 3 aromatic heterocycles. The van der Waals surface area contributed by atoms with Gasteiger partial charge in [-0.05, 0) is 36.6 Å². The SMILES string of the molecule is CC1(C)Cc2c(sc3nc(SCc4ccccc4)n4c(SCc5ccccc5Cl)nnc4c23)CO1. The maximum absolute atomic E-state index is 6.42. The van der Waals surface area contributed by atoms with Crippen molar-refractivity contribution in [2.45, 2.75) is 54.3 Å². The third-order valence-corrected chi connectivity index (χ3v) is 9.50. The largest absolute Gasteiger partial charge is 0.370 e. The van der Waals surface area contributed by atoms with Gasteiger partial charge in [0.2, 0.25) is 0 Å². The molecule has 9 heteroatoms. The average molecular weight is 539 g/mol. The van der Waals surface area contributed by atoms with E-state index in [9.17, 15) is 0 Å². The normalized spacial score (nSPS) is 15.1. The molecule has 0 saturated heterocycles. The van der Waals surface area contributed by atoms with Gasteiger partial charge in [0, 0.05) is 27.8 Å². The number of rotatable bonds is 6. The summed E-state index contributed by atoms with van der Waals surface area (Å²) in [6.45, 7) is 4.90. The fraction of sp³-hybridized carbons (Fsp3) is 0.269. The van der Waals surface area contributed by atoms with Gasteiger partial charge in [-0.3, -0.25) is 0 Å². The van der Waals surface area contributed by atoms with E-state index in [1.165, 1.54) is 16.0 Å². The maximum atomic E-state index is 6.42. The Morgan fingerprint density at radius 1 is 1.00 bits per heavy atom. The zero-order chi connectivity index (χ0) is 24.0. The molecule has 178 valence electrons. The lowest BCUT2D eigenvalue weighted by atomic mass is 9.94. The first-order chi connectivity index (χ1) is 17.0. The van der Waals surface area contributed by atoms with Crippen molar-refractivity contribution in [2.24, 2.45) is 0 Å². The number of fused-ring (bicyclic) bond motifs is 5. The van der Waals surface area contributed by atoms with Gasteiger partial charge >= 0.3 is 0 Å². The molecular weight excluding hydrogens is 516 g/mol. The van der Waals surface area contributed by atoms with Gasteiger partial charge in [-0.15, -0.1) is 21.5 Å². The number of nitrogens with zero attached hydrogens (tertiary/aromatic N) is 4. The third-order valence-electron chi connectivity index (χ3n) is 6.04. The zero-order valence-corrected chi connectivity index (χ0v) is 22.5. The van der Waals surface area contributed by atoms with Gasteiger partial charge in [-0.2, -0.15) is 0 Å². The minimum absolute atomic E-state index is 0.208. The van der Waals surface area contributed by atoms with Crippen LogP contribution in [0.3, 0.4) is 0 Å². The fourth-order valence-corrected chi connectivity index (χ4v) is 7.64. The molecule has 2 aromatic carbocycles. The molecule has 6 rings (SSSR count). The molecule has 5 aromatic rings. The second-order valence-corrected chi connectivity index (χ2v) is 12.5. The molecule has 0 fully saturated rings. The number of thioether (sulfide) groups is 2. The minimum Gasteiger partial charge on any atom is -0.370 e. The number of benzene rings is 2. The highest BCUT2D eigenvalue weighted by atomic mass is 35.5. The van der Waals surface area contributed by atoms with Crippen LogP contribution in [-0.2, 0) is 29.3 Å². The summed E-state index contributed by atoms with van der Waals surface area (Å²) in [7, 11) is 0. The predicted octanol–water partition coefficient (Wildman–Crippen LogP) is 7.43. The van der Waals surface area contributed by atoms with Crippen molar-refractivity contribution in [1.29, 1.82) is 0 Å². The quantitative estimate of drug-likeness (QED) is 0.165. The van der Waals surface area contributed by atoms with E-state index in [0.29, 0.717) is 12.4 Å². The highest BCUT2D eigenvalue weighted by molar-refractivity contribution is 7.99. The Morgan fingerprint density at radius 3 is 2.60 bits per heavy atom. The Morgan fingerprint density at radius 2 is 1.77 bits per heavy atom. The van der Waals surface area contributed by atoms with Crippen LogP contribution in [0.1, 0.15) is 35.4 Å². The van der Waals surface area contributed by atoms with E-state index in [0.717, 1.165) is 48.9 Å². The smallest absolute Gasteiger partial charge is 0.198 e. The Hall–Kier alpha value is -2.10. The van der Waals surface area contributed by atoms with E-state index in [1.807, 2.05) is 24.3 Å². The second-order valence-electron chi connectivity index (χ2n) is 9.10. The van der Waals surface area contributed by atoms with E-state index >= 15 is 0 Å². The number of aromatic nitrogens is 4. The van der Waals surface area contributed by atoms with Gasteiger partial charge in [0.1, 0.15) is 4.83 Å². The molecule has 35 heavy (non-hydrogen) atoms. The summed E-state index contributed by atoms with van der Waals surface area (Å²) >= 11 is 11.5. The molecule has 1 aliphatic heterocycles. The first kappa shape index (κ1) is 23.3. The van der Waals surface area contributed by atoms with Gasteiger partial charge in [-0.25, -0.2) is 9.38 Å². The van der Waals surface area contributed by atoms with Gasteiger partial charge in [0.05, 0.1) is 17.6 Å². The number of hydrogen-bond acceptors (Lipinski definition) is 7. The summed E-state index contributed by atoms with van der Waals surface area (Å²) in [6, 6.07) is 18.4. The molecular formula is C26H23ClN4OS3. The summed E-state index contributed by atoms with van der Waals surface area (Å²) in [4.78, 5) is 7.40. The summed E-state index contributed by atoms with van der Waals surface area (Å²) < 4.78 is 8.22. The molecule has 5 nitrogen and oxygen atoms in total.